The number of alkyl halides is 1. The normalized spacial score (nSPS) is 10.4. The highest BCUT2D eigenvalue weighted by atomic mass is 35.5. The van der Waals surface area contributed by atoms with Crippen LogP contribution in [0, 0.1) is 6.92 Å². The Morgan fingerprint density at radius 3 is 2.40 bits per heavy atom. The van der Waals surface area contributed by atoms with Crippen molar-refractivity contribution >= 4 is 11.6 Å². The molecule has 0 atom stereocenters. The molecule has 0 saturated heterocycles. The molecule has 0 radical (unpaired) electrons. The van der Waals surface area contributed by atoms with Crippen molar-refractivity contribution < 1.29 is 9.47 Å². The van der Waals surface area contributed by atoms with Gasteiger partial charge in [0.1, 0.15) is 5.75 Å². The van der Waals surface area contributed by atoms with Gasteiger partial charge < -0.3 is 9.47 Å². The van der Waals surface area contributed by atoms with Crippen LogP contribution in [-0.2, 0) is 12.3 Å². The fraction of sp³-hybridized carbons (Fsp3) is 0.294. The van der Waals surface area contributed by atoms with E-state index in [0.717, 1.165) is 23.5 Å². The summed E-state index contributed by atoms with van der Waals surface area (Å²) in [5.41, 5.74) is 3.37. The number of hydrogen-bond acceptors (Lipinski definition) is 2. The quantitative estimate of drug-likeness (QED) is 0.714. The number of ether oxygens (including phenoxy) is 2. The van der Waals surface area contributed by atoms with Gasteiger partial charge in [-0.05, 0) is 37.1 Å². The van der Waals surface area contributed by atoms with Crippen molar-refractivity contribution in [3.8, 4) is 17.2 Å². The standard InChI is InChI=1S/C17H19ClO2/c1-4-13-6-8-16(17(10-13)19-3)20-15-7-5-12(2)9-14(15)11-18/h5-10H,4,11H2,1-3H3. The van der Waals surface area contributed by atoms with Gasteiger partial charge in [0.25, 0.3) is 0 Å². The van der Waals surface area contributed by atoms with E-state index < -0.39 is 0 Å². The molecule has 2 rings (SSSR count). The van der Waals surface area contributed by atoms with E-state index in [9.17, 15) is 0 Å². The summed E-state index contributed by atoms with van der Waals surface area (Å²) < 4.78 is 11.4. The van der Waals surface area contributed by atoms with Crippen LogP contribution in [0.4, 0.5) is 0 Å². The van der Waals surface area contributed by atoms with E-state index in [0.29, 0.717) is 11.6 Å². The third-order valence-electron chi connectivity index (χ3n) is 3.22. The molecule has 0 amide bonds. The first kappa shape index (κ1) is 14.7. The summed E-state index contributed by atoms with van der Waals surface area (Å²) in [6.07, 6.45) is 0.966. The Morgan fingerprint density at radius 1 is 1.00 bits per heavy atom. The van der Waals surface area contributed by atoms with Crippen molar-refractivity contribution in [2.45, 2.75) is 26.1 Å². The summed E-state index contributed by atoms with van der Waals surface area (Å²) in [6.45, 7) is 4.15. The van der Waals surface area contributed by atoms with Crippen LogP contribution in [0.25, 0.3) is 0 Å². The summed E-state index contributed by atoms with van der Waals surface area (Å²) in [6, 6.07) is 12.0. The Hall–Kier alpha value is -1.67. The molecule has 0 fully saturated rings. The van der Waals surface area contributed by atoms with Crippen LogP contribution in [-0.4, -0.2) is 7.11 Å². The predicted molar refractivity (Wildman–Crippen MR) is 83.2 cm³/mol. The molecule has 0 aromatic heterocycles. The molecule has 0 unspecified atom stereocenters. The Morgan fingerprint density at radius 2 is 1.75 bits per heavy atom. The average Bonchev–Trinajstić information content (AvgIpc) is 2.49. The van der Waals surface area contributed by atoms with Gasteiger partial charge in [-0.3, -0.25) is 0 Å². The van der Waals surface area contributed by atoms with Gasteiger partial charge in [-0.1, -0.05) is 30.7 Å². The Balaban J connectivity index is 2.34. The highest BCUT2D eigenvalue weighted by molar-refractivity contribution is 6.17. The van der Waals surface area contributed by atoms with Crippen LogP contribution in [0.5, 0.6) is 17.2 Å². The summed E-state index contributed by atoms with van der Waals surface area (Å²) >= 11 is 5.98. The van der Waals surface area contributed by atoms with E-state index in [1.807, 2.05) is 43.3 Å². The fourth-order valence-corrected chi connectivity index (χ4v) is 2.26. The van der Waals surface area contributed by atoms with Crippen LogP contribution >= 0.6 is 11.6 Å². The Labute approximate surface area is 125 Å². The van der Waals surface area contributed by atoms with Gasteiger partial charge in [0.05, 0.1) is 13.0 Å². The minimum absolute atomic E-state index is 0.423. The molecule has 2 aromatic carbocycles. The lowest BCUT2D eigenvalue weighted by Gasteiger charge is -2.14. The van der Waals surface area contributed by atoms with Gasteiger partial charge in [0.2, 0.25) is 0 Å². The monoisotopic (exact) mass is 290 g/mol. The summed E-state index contributed by atoms with van der Waals surface area (Å²) in [5.74, 6) is 2.64. The molecule has 0 aliphatic carbocycles. The fourth-order valence-electron chi connectivity index (χ4n) is 2.05. The number of hydrogen-bond donors (Lipinski definition) is 0. The third kappa shape index (κ3) is 3.26. The highest BCUT2D eigenvalue weighted by Gasteiger charge is 2.09. The lowest BCUT2D eigenvalue weighted by Crippen LogP contribution is -1.94. The first-order chi connectivity index (χ1) is 9.67. The van der Waals surface area contributed by atoms with E-state index in [2.05, 4.69) is 6.92 Å². The second-order valence-electron chi connectivity index (χ2n) is 4.69. The Bertz CT molecular complexity index is 594. The zero-order valence-corrected chi connectivity index (χ0v) is 12.8. The largest absolute Gasteiger partial charge is 0.493 e. The maximum atomic E-state index is 5.98. The van der Waals surface area contributed by atoms with Gasteiger partial charge >= 0.3 is 0 Å². The minimum Gasteiger partial charge on any atom is -0.493 e. The molecule has 0 heterocycles. The van der Waals surface area contributed by atoms with Gasteiger partial charge in [0, 0.05) is 5.56 Å². The molecule has 106 valence electrons. The second kappa shape index (κ2) is 6.67. The molecule has 20 heavy (non-hydrogen) atoms. The van der Waals surface area contributed by atoms with E-state index in [1.54, 1.807) is 7.11 Å². The molecule has 0 aliphatic heterocycles. The van der Waals surface area contributed by atoms with Crippen LogP contribution in [0.1, 0.15) is 23.6 Å². The molecular formula is C17H19ClO2. The number of methoxy groups -OCH3 is 1. The van der Waals surface area contributed by atoms with Crippen LogP contribution in [0.2, 0.25) is 0 Å². The maximum Gasteiger partial charge on any atom is 0.169 e. The predicted octanol–water partition coefficient (Wildman–Crippen LogP) is 5.10. The average molecular weight is 291 g/mol. The Kier molecular flexibility index (Phi) is 4.91. The van der Waals surface area contributed by atoms with Crippen molar-refractivity contribution in [2.75, 3.05) is 7.11 Å². The zero-order valence-electron chi connectivity index (χ0n) is 12.1. The first-order valence-corrected chi connectivity index (χ1v) is 7.21. The number of benzene rings is 2. The number of rotatable bonds is 5. The third-order valence-corrected chi connectivity index (χ3v) is 3.50. The van der Waals surface area contributed by atoms with Crippen molar-refractivity contribution in [3.05, 3.63) is 53.1 Å². The molecule has 0 saturated carbocycles. The number of aryl methyl sites for hydroxylation is 2. The van der Waals surface area contributed by atoms with E-state index in [1.165, 1.54) is 11.1 Å². The minimum atomic E-state index is 0.423. The van der Waals surface area contributed by atoms with Crippen molar-refractivity contribution in [3.63, 3.8) is 0 Å². The van der Waals surface area contributed by atoms with Gasteiger partial charge in [-0.25, -0.2) is 0 Å². The summed E-state index contributed by atoms with van der Waals surface area (Å²) in [7, 11) is 1.65. The van der Waals surface area contributed by atoms with Crippen LogP contribution in [0.3, 0.4) is 0 Å². The van der Waals surface area contributed by atoms with Crippen molar-refractivity contribution in [2.24, 2.45) is 0 Å². The molecular weight excluding hydrogens is 272 g/mol. The van der Waals surface area contributed by atoms with E-state index >= 15 is 0 Å². The summed E-state index contributed by atoms with van der Waals surface area (Å²) in [4.78, 5) is 0. The first-order valence-electron chi connectivity index (χ1n) is 6.68. The molecule has 3 heteroatoms. The molecule has 0 N–H and O–H groups in total. The van der Waals surface area contributed by atoms with Crippen molar-refractivity contribution in [1.82, 2.24) is 0 Å². The van der Waals surface area contributed by atoms with E-state index in [-0.39, 0.29) is 0 Å². The van der Waals surface area contributed by atoms with Crippen LogP contribution in [0.15, 0.2) is 36.4 Å². The number of halogens is 1. The molecule has 0 spiro atoms. The lowest BCUT2D eigenvalue weighted by atomic mass is 10.1. The maximum absolute atomic E-state index is 5.98. The molecule has 0 bridgehead atoms. The molecule has 0 aliphatic rings. The van der Waals surface area contributed by atoms with Crippen molar-refractivity contribution in [1.29, 1.82) is 0 Å². The summed E-state index contributed by atoms with van der Waals surface area (Å²) in [5, 5.41) is 0. The topological polar surface area (TPSA) is 18.5 Å². The van der Waals surface area contributed by atoms with Crippen LogP contribution < -0.4 is 9.47 Å². The zero-order chi connectivity index (χ0) is 14.5. The molecule has 2 nitrogen and oxygen atoms in total. The van der Waals surface area contributed by atoms with Gasteiger partial charge in [0.15, 0.2) is 11.5 Å². The SMILES string of the molecule is CCc1ccc(Oc2ccc(C)cc2CCl)c(OC)c1. The van der Waals surface area contributed by atoms with E-state index in [4.69, 9.17) is 21.1 Å². The highest BCUT2D eigenvalue weighted by Crippen LogP contribution is 2.34. The molecule has 2 aromatic rings. The lowest BCUT2D eigenvalue weighted by molar-refractivity contribution is 0.377. The smallest absolute Gasteiger partial charge is 0.169 e. The van der Waals surface area contributed by atoms with Gasteiger partial charge in [-0.2, -0.15) is 0 Å². The van der Waals surface area contributed by atoms with Gasteiger partial charge in [-0.15, -0.1) is 11.6 Å². The second-order valence-corrected chi connectivity index (χ2v) is 4.95.